The van der Waals surface area contributed by atoms with Crippen LogP contribution in [0.2, 0.25) is 0 Å². The maximum absolute atomic E-state index is 13.1. The lowest BCUT2D eigenvalue weighted by Gasteiger charge is -2.28. The number of hydrogen-bond donors (Lipinski definition) is 2. The molecule has 0 saturated carbocycles. The molecule has 4 rings (SSSR count). The van der Waals surface area contributed by atoms with E-state index in [9.17, 15) is 9.59 Å². The summed E-state index contributed by atoms with van der Waals surface area (Å²) in [6.07, 6.45) is 3.06. The number of ether oxygens (including phenoxy) is 1. The fourth-order valence-electron chi connectivity index (χ4n) is 4.12. The van der Waals surface area contributed by atoms with Gasteiger partial charge >= 0.3 is 0 Å². The van der Waals surface area contributed by atoms with Crippen LogP contribution in [-0.2, 0) is 27.2 Å². The third-order valence-electron chi connectivity index (χ3n) is 6.15. The first-order valence-electron chi connectivity index (χ1n) is 12.5. The number of rotatable bonds is 10. The van der Waals surface area contributed by atoms with Crippen molar-refractivity contribution in [3.63, 3.8) is 0 Å². The molecular weight excluding hydrogens is 450 g/mol. The molecule has 1 heterocycles. The zero-order valence-corrected chi connectivity index (χ0v) is 20.5. The van der Waals surface area contributed by atoms with Crippen LogP contribution < -0.4 is 15.5 Å². The standard InChI is InChI=1S/C30H33N3O3/c34-29(31-17-15-24-7-3-1-4-8-24)28(30(35)32-18-16-25-9-5-2-6-10-25)23-26-11-13-27(14-12-26)33-19-21-36-22-20-33/h1-14,23H,15-22H2,(H,31,34)(H,32,35). The largest absolute Gasteiger partial charge is 0.378 e. The second-order valence-electron chi connectivity index (χ2n) is 8.73. The van der Waals surface area contributed by atoms with Crippen LogP contribution in [0.25, 0.3) is 6.08 Å². The summed E-state index contributed by atoms with van der Waals surface area (Å²) in [5, 5.41) is 5.83. The maximum Gasteiger partial charge on any atom is 0.256 e. The van der Waals surface area contributed by atoms with E-state index in [-0.39, 0.29) is 17.4 Å². The maximum atomic E-state index is 13.1. The van der Waals surface area contributed by atoms with Crippen LogP contribution in [-0.4, -0.2) is 51.2 Å². The first kappa shape index (κ1) is 25.2. The summed E-state index contributed by atoms with van der Waals surface area (Å²) >= 11 is 0. The van der Waals surface area contributed by atoms with Crippen molar-refractivity contribution in [2.75, 3.05) is 44.3 Å². The fraction of sp³-hybridized carbons (Fsp3) is 0.267. The van der Waals surface area contributed by atoms with Gasteiger partial charge in [-0.2, -0.15) is 0 Å². The lowest BCUT2D eigenvalue weighted by atomic mass is 10.1. The van der Waals surface area contributed by atoms with Crippen LogP contribution in [0.5, 0.6) is 0 Å². The molecule has 186 valence electrons. The minimum Gasteiger partial charge on any atom is -0.378 e. The van der Waals surface area contributed by atoms with Gasteiger partial charge < -0.3 is 20.3 Å². The highest BCUT2D eigenvalue weighted by Gasteiger charge is 2.18. The molecule has 1 fully saturated rings. The van der Waals surface area contributed by atoms with E-state index in [1.165, 1.54) is 0 Å². The molecule has 36 heavy (non-hydrogen) atoms. The average molecular weight is 484 g/mol. The van der Waals surface area contributed by atoms with E-state index in [1.54, 1.807) is 6.08 Å². The first-order chi connectivity index (χ1) is 17.7. The van der Waals surface area contributed by atoms with E-state index in [2.05, 4.69) is 15.5 Å². The highest BCUT2D eigenvalue weighted by atomic mass is 16.5. The van der Waals surface area contributed by atoms with Gasteiger partial charge in [0, 0.05) is 31.9 Å². The molecule has 3 aromatic carbocycles. The fourth-order valence-corrected chi connectivity index (χ4v) is 4.12. The van der Waals surface area contributed by atoms with Crippen LogP contribution in [0.15, 0.2) is 90.5 Å². The number of amides is 2. The minimum atomic E-state index is -0.375. The second-order valence-corrected chi connectivity index (χ2v) is 8.73. The summed E-state index contributed by atoms with van der Waals surface area (Å²) in [6, 6.07) is 27.9. The quantitative estimate of drug-likeness (QED) is 0.263. The highest BCUT2D eigenvalue weighted by Crippen LogP contribution is 2.18. The van der Waals surface area contributed by atoms with Crippen LogP contribution in [0.4, 0.5) is 5.69 Å². The normalized spacial score (nSPS) is 13.1. The number of nitrogens with zero attached hydrogens (tertiary/aromatic N) is 1. The number of nitrogens with one attached hydrogen (secondary N) is 2. The van der Waals surface area contributed by atoms with Crippen LogP contribution in [0, 0.1) is 0 Å². The van der Waals surface area contributed by atoms with Crippen molar-refractivity contribution < 1.29 is 14.3 Å². The predicted octanol–water partition coefficient (Wildman–Crippen LogP) is 3.62. The lowest BCUT2D eigenvalue weighted by molar-refractivity contribution is -0.123. The number of hydrogen-bond acceptors (Lipinski definition) is 4. The summed E-state index contributed by atoms with van der Waals surface area (Å²) in [6.45, 7) is 4.05. The van der Waals surface area contributed by atoms with Gasteiger partial charge in [-0.1, -0.05) is 72.8 Å². The summed E-state index contributed by atoms with van der Waals surface area (Å²) in [7, 11) is 0. The Morgan fingerprint density at radius 2 is 1.22 bits per heavy atom. The molecule has 0 unspecified atom stereocenters. The SMILES string of the molecule is O=C(NCCc1ccccc1)C(=Cc1ccc(N2CCOCC2)cc1)C(=O)NCCc1ccccc1. The van der Waals surface area contributed by atoms with Gasteiger partial charge in [-0.15, -0.1) is 0 Å². The number of benzene rings is 3. The molecule has 6 heteroatoms. The molecule has 2 N–H and O–H groups in total. The molecule has 0 aliphatic carbocycles. The summed E-state index contributed by atoms with van der Waals surface area (Å²) in [4.78, 5) is 28.4. The van der Waals surface area contributed by atoms with Crippen LogP contribution >= 0.6 is 0 Å². The van der Waals surface area contributed by atoms with Gasteiger partial charge in [0.2, 0.25) is 0 Å². The second kappa shape index (κ2) is 13.3. The van der Waals surface area contributed by atoms with E-state index in [4.69, 9.17) is 4.74 Å². The van der Waals surface area contributed by atoms with Crippen molar-refractivity contribution in [2.24, 2.45) is 0 Å². The number of anilines is 1. The third-order valence-corrected chi connectivity index (χ3v) is 6.15. The number of morpholine rings is 1. The van der Waals surface area contributed by atoms with Crippen LogP contribution in [0.3, 0.4) is 0 Å². The Morgan fingerprint density at radius 1 is 0.722 bits per heavy atom. The number of carbonyl (C=O) groups is 2. The Labute approximate surface area is 213 Å². The molecule has 0 spiro atoms. The molecule has 1 saturated heterocycles. The smallest absolute Gasteiger partial charge is 0.256 e. The van der Waals surface area contributed by atoms with E-state index in [0.29, 0.717) is 25.9 Å². The molecule has 0 radical (unpaired) electrons. The van der Waals surface area contributed by atoms with Gasteiger partial charge in [0.25, 0.3) is 11.8 Å². The monoisotopic (exact) mass is 483 g/mol. The van der Waals surface area contributed by atoms with Gasteiger partial charge in [0.05, 0.1) is 13.2 Å². The van der Waals surface area contributed by atoms with Gasteiger partial charge in [-0.05, 0) is 47.7 Å². The molecule has 6 nitrogen and oxygen atoms in total. The van der Waals surface area contributed by atoms with Gasteiger partial charge in [0.1, 0.15) is 5.57 Å². The van der Waals surface area contributed by atoms with Crippen molar-refractivity contribution in [3.8, 4) is 0 Å². The molecule has 0 bridgehead atoms. The molecule has 1 aliphatic heterocycles. The van der Waals surface area contributed by atoms with Crippen molar-refractivity contribution >= 4 is 23.6 Å². The topological polar surface area (TPSA) is 70.7 Å². The first-order valence-corrected chi connectivity index (χ1v) is 12.5. The van der Waals surface area contributed by atoms with E-state index in [0.717, 1.165) is 48.7 Å². The lowest BCUT2D eigenvalue weighted by Crippen LogP contribution is -2.36. The van der Waals surface area contributed by atoms with Crippen molar-refractivity contribution in [1.29, 1.82) is 0 Å². The summed E-state index contributed by atoms with van der Waals surface area (Å²) in [5.74, 6) is -0.749. The Balaban J connectivity index is 1.43. The zero-order chi connectivity index (χ0) is 25.0. The van der Waals surface area contributed by atoms with Gasteiger partial charge in [-0.3, -0.25) is 9.59 Å². The van der Waals surface area contributed by atoms with Gasteiger partial charge in [0.15, 0.2) is 0 Å². The van der Waals surface area contributed by atoms with Gasteiger partial charge in [-0.25, -0.2) is 0 Å². The van der Waals surface area contributed by atoms with Crippen molar-refractivity contribution in [1.82, 2.24) is 10.6 Å². The molecule has 1 aliphatic rings. The predicted molar refractivity (Wildman–Crippen MR) is 144 cm³/mol. The molecule has 0 atom stereocenters. The highest BCUT2D eigenvalue weighted by molar-refractivity contribution is 6.21. The summed E-state index contributed by atoms with van der Waals surface area (Å²) < 4.78 is 5.43. The average Bonchev–Trinajstić information content (AvgIpc) is 2.93. The zero-order valence-electron chi connectivity index (χ0n) is 20.5. The Hall–Kier alpha value is -3.90. The molecule has 3 aromatic rings. The Kier molecular flexibility index (Phi) is 9.28. The van der Waals surface area contributed by atoms with E-state index in [1.807, 2.05) is 84.9 Å². The van der Waals surface area contributed by atoms with Crippen molar-refractivity contribution in [3.05, 3.63) is 107 Å². The third kappa shape index (κ3) is 7.55. The minimum absolute atomic E-state index is 0.107. The summed E-state index contributed by atoms with van der Waals surface area (Å²) in [5.41, 5.74) is 4.29. The molecule has 2 amide bonds. The van der Waals surface area contributed by atoms with Crippen LogP contribution in [0.1, 0.15) is 16.7 Å². The Morgan fingerprint density at radius 3 is 1.72 bits per heavy atom. The molecule has 0 aromatic heterocycles. The van der Waals surface area contributed by atoms with E-state index < -0.39 is 0 Å². The van der Waals surface area contributed by atoms with Crippen molar-refractivity contribution in [2.45, 2.75) is 12.8 Å². The molecular formula is C30H33N3O3. The Bertz CT molecular complexity index is 1080. The van der Waals surface area contributed by atoms with E-state index >= 15 is 0 Å². The number of carbonyl (C=O) groups excluding carboxylic acids is 2.